The molecule has 0 aromatic heterocycles. The Kier molecular flexibility index (Phi) is 4.60. The van der Waals surface area contributed by atoms with Crippen molar-refractivity contribution in [3.05, 3.63) is 29.8 Å². The molecule has 2 rings (SSSR count). The average molecular weight is 244 g/mol. The molecule has 1 atom stereocenters. The summed E-state index contributed by atoms with van der Waals surface area (Å²) in [4.78, 5) is 2.30. The lowest BCUT2D eigenvalue weighted by atomic mass is 10.1. The number of rotatable bonds is 3. The van der Waals surface area contributed by atoms with E-state index in [4.69, 9.17) is 4.74 Å². The number of methoxy groups -OCH3 is 1. The molecule has 1 fully saturated rings. The fraction of sp³-hybridized carbons (Fsp3) is 0.533. The van der Waals surface area contributed by atoms with Crippen LogP contribution in [0.3, 0.4) is 0 Å². The minimum atomic E-state index is -0.117. The van der Waals surface area contributed by atoms with Crippen molar-refractivity contribution in [1.29, 1.82) is 5.26 Å². The van der Waals surface area contributed by atoms with Gasteiger partial charge in [-0.05, 0) is 43.6 Å². The van der Waals surface area contributed by atoms with Crippen LogP contribution in [0, 0.1) is 11.3 Å². The molecule has 1 aliphatic rings. The lowest BCUT2D eigenvalue weighted by Gasteiger charge is -2.25. The van der Waals surface area contributed by atoms with E-state index in [0.717, 1.165) is 24.4 Å². The topological polar surface area (TPSA) is 36.3 Å². The highest BCUT2D eigenvalue weighted by Crippen LogP contribution is 2.25. The third-order valence-corrected chi connectivity index (χ3v) is 3.56. The zero-order valence-electron chi connectivity index (χ0n) is 10.9. The Morgan fingerprint density at radius 3 is 2.22 bits per heavy atom. The molecule has 0 radical (unpaired) electrons. The molecule has 0 aliphatic carbocycles. The Bertz CT molecular complexity index is 399. The van der Waals surface area contributed by atoms with Crippen LogP contribution in [0.4, 0.5) is 0 Å². The molecule has 1 aliphatic heterocycles. The third kappa shape index (κ3) is 3.02. The number of nitriles is 1. The monoisotopic (exact) mass is 244 g/mol. The molecule has 1 aromatic rings. The van der Waals surface area contributed by atoms with E-state index >= 15 is 0 Å². The fourth-order valence-corrected chi connectivity index (χ4v) is 2.51. The van der Waals surface area contributed by atoms with E-state index in [2.05, 4.69) is 11.0 Å². The summed E-state index contributed by atoms with van der Waals surface area (Å²) >= 11 is 0. The van der Waals surface area contributed by atoms with Crippen LogP contribution in [-0.2, 0) is 0 Å². The Morgan fingerprint density at radius 1 is 1.11 bits per heavy atom. The predicted octanol–water partition coefficient (Wildman–Crippen LogP) is 3.14. The lowest BCUT2D eigenvalue weighted by molar-refractivity contribution is 0.245. The minimum Gasteiger partial charge on any atom is -0.497 e. The molecule has 0 saturated carbocycles. The standard InChI is InChI=1S/C15H20N2O/c1-18-14-8-6-13(7-9-14)15(12-16)17-10-4-2-3-5-11-17/h6-9,15H,2-5,10-11H2,1H3. The summed E-state index contributed by atoms with van der Waals surface area (Å²) in [5.74, 6) is 0.839. The van der Waals surface area contributed by atoms with Crippen LogP contribution in [0.2, 0.25) is 0 Å². The molecule has 96 valence electrons. The maximum atomic E-state index is 9.43. The van der Waals surface area contributed by atoms with Crippen molar-refractivity contribution < 1.29 is 4.74 Å². The van der Waals surface area contributed by atoms with Crippen molar-refractivity contribution in [2.24, 2.45) is 0 Å². The summed E-state index contributed by atoms with van der Waals surface area (Å²) in [6, 6.07) is 10.2. The zero-order valence-corrected chi connectivity index (χ0v) is 10.9. The first-order chi connectivity index (χ1) is 8.85. The van der Waals surface area contributed by atoms with Crippen molar-refractivity contribution in [3.8, 4) is 11.8 Å². The molecule has 1 heterocycles. The summed E-state index contributed by atoms with van der Waals surface area (Å²) in [5, 5.41) is 9.43. The highest BCUT2D eigenvalue weighted by atomic mass is 16.5. The van der Waals surface area contributed by atoms with Gasteiger partial charge in [0.15, 0.2) is 0 Å². The van der Waals surface area contributed by atoms with Crippen molar-refractivity contribution in [2.45, 2.75) is 31.7 Å². The van der Waals surface area contributed by atoms with Crippen LogP contribution in [0.25, 0.3) is 0 Å². The first-order valence-electron chi connectivity index (χ1n) is 6.63. The van der Waals surface area contributed by atoms with Crippen LogP contribution in [0.5, 0.6) is 5.75 Å². The molecule has 3 nitrogen and oxygen atoms in total. The van der Waals surface area contributed by atoms with Gasteiger partial charge in [0.1, 0.15) is 11.8 Å². The first kappa shape index (κ1) is 12.9. The molecule has 1 unspecified atom stereocenters. The maximum absolute atomic E-state index is 9.43. The van der Waals surface area contributed by atoms with Gasteiger partial charge in [0.25, 0.3) is 0 Å². The van der Waals surface area contributed by atoms with Crippen molar-refractivity contribution in [1.82, 2.24) is 4.90 Å². The highest BCUT2D eigenvalue weighted by molar-refractivity contribution is 5.31. The van der Waals surface area contributed by atoms with Gasteiger partial charge in [-0.1, -0.05) is 25.0 Å². The zero-order chi connectivity index (χ0) is 12.8. The summed E-state index contributed by atoms with van der Waals surface area (Å²) < 4.78 is 5.15. The molecule has 0 amide bonds. The van der Waals surface area contributed by atoms with Gasteiger partial charge in [-0.25, -0.2) is 0 Å². The van der Waals surface area contributed by atoms with Gasteiger partial charge < -0.3 is 4.74 Å². The molecule has 3 heteroatoms. The highest BCUT2D eigenvalue weighted by Gasteiger charge is 2.20. The molecular weight excluding hydrogens is 224 g/mol. The summed E-state index contributed by atoms with van der Waals surface area (Å²) in [5.41, 5.74) is 1.07. The van der Waals surface area contributed by atoms with Crippen LogP contribution in [-0.4, -0.2) is 25.1 Å². The number of ether oxygens (including phenoxy) is 1. The SMILES string of the molecule is COc1ccc(C(C#N)N2CCCCCC2)cc1. The van der Waals surface area contributed by atoms with Gasteiger partial charge in [0.05, 0.1) is 13.2 Å². The van der Waals surface area contributed by atoms with E-state index in [1.54, 1.807) is 7.11 Å². The number of nitrogens with zero attached hydrogens (tertiary/aromatic N) is 2. The van der Waals surface area contributed by atoms with Crippen molar-refractivity contribution in [3.63, 3.8) is 0 Å². The minimum absolute atomic E-state index is 0.117. The van der Waals surface area contributed by atoms with E-state index in [1.165, 1.54) is 25.7 Å². The molecule has 0 N–H and O–H groups in total. The third-order valence-electron chi connectivity index (χ3n) is 3.56. The van der Waals surface area contributed by atoms with E-state index in [9.17, 15) is 5.26 Å². The smallest absolute Gasteiger partial charge is 0.123 e. The second-order valence-corrected chi connectivity index (χ2v) is 4.75. The van der Waals surface area contributed by atoms with Crippen LogP contribution >= 0.6 is 0 Å². The fourth-order valence-electron chi connectivity index (χ4n) is 2.51. The Morgan fingerprint density at radius 2 is 1.72 bits per heavy atom. The van der Waals surface area contributed by atoms with Crippen LogP contribution in [0.15, 0.2) is 24.3 Å². The Balaban J connectivity index is 2.13. The molecular formula is C15H20N2O. The predicted molar refractivity (Wildman–Crippen MR) is 71.4 cm³/mol. The first-order valence-corrected chi connectivity index (χ1v) is 6.63. The second-order valence-electron chi connectivity index (χ2n) is 4.75. The van der Waals surface area contributed by atoms with Gasteiger partial charge in [0.2, 0.25) is 0 Å². The normalized spacial score (nSPS) is 18.7. The van der Waals surface area contributed by atoms with Crippen LogP contribution in [0.1, 0.15) is 37.3 Å². The van der Waals surface area contributed by atoms with E-state index < -0.39 is 0 Å². The number of hydrogen-bond donors (Lipinski definition) is 0. The molecule has 0 bridgehead atoms. The largest absolute Gasteiger partial charge is 0.497 e. The van der Waals surface area contributed by atoms with Crippen molar-refractivity contribution >= 4 is 0 Å². The molecule has 18 heavy (non-hydrogen) atoms. The van der Waals surface area contributed by atoms with Gasteiger partial charge >= 0.3 is 0 Å². The summed E-state index contributed by atoms with van der Waals surface area (Å²) in [6.07, 6.45) is 4.98. The lowest BCUT2D eigenvalue weighted by Crippen LogP contribution is -2.28. The van der Waals surface area contributed by atoms with Crippen LogP contribution < -0.4 is 4.74 Å². The number of benzene rings is 1. The summed E-state index contributed by atoms with van der Waals surface area (Å²) in [6.45, 7) is 2.06. The number of hydrogen-bond acceptors (Lipinski definition) is 3. The van der Waals surface area contributed by atoms with E-state index in [0.29, 0.717) is 0 Å². The maximum Gasteiger partial charge on any atom is 0.123 e. The van der Waals surface area contributed by atoms with Gasteiger partial charge in [-0.3, -0.25) is 4.90 Å². The Labute approximate surface area is 109 Å². The van der Waals surface area contributed by atoms with E-state index in [-0.39, 0.29) is 6.04 Å². The molecule has 0 spiro atoms. The van der Waals surface area contributed by atoms with Crippen molar-refractivity contribution in [2.75, 3.05) is 20.2 Å². The van der Waals surface area contributed by atoms with Gasteiger partial charge in [-0.15, -0.1) is 0 Å². The van der Waals surface area contributed by atoms with E-state index in [1.807, 2.05) is 24.3 Å². The average Bonchev–Trinajstić information content (AvgIpc) is 2.70. The number of likely N-dealkylation sites (tertiary alicyclic amines) is 1. The molecule has 1 aromatic carbocycles. The summed E-state index contributed by atoms with van der Waals surface area (Å²) in [7, 11) is 1.66. The Hall–Kier alpha value is -1.53. The van der Waals surface area contributed by atoms with Gasteiger partial charge in [-0.2, -0.15) is 5.26 Å². The molecule has 1 saturated heterocycles. The second kappa shape index (κ2) is 6.42. The quantitative estimate of drug-likeness (QED) is 0.819. The van der Waals surface area contributed by atoms with Gasteiger partial charge in [0, 0.05) is 0 Å².